The van der Waals surface area contributed by atoms with E-state index >= 15 is 0 Å². The summed E-state index contributed by atoms with van der Waals surface area (Å²) in [7, 11) is 0. The molecule has 0 aromatic heterocycles. The zero-order valence-corrected chi connectivity index (χ0v) is 16.3. The maximum Gasteiger partial charge on any atom is 0.293 e. The summed E-state index contributed by atoms with van der Waals surface area (Å²) in [5.74, 6) is 0.398. The van der Waals surface area contributed by atoms with Crippen LogP contribution < -0.4 is 15.4 Å². The third kappa shape index (κ3) is 5.22. The van der Waals surface area contributed by atoms with Gasteiger partial charge in [0.2, 0.25) is 0 Å². The van der Waals surface area contributed by atoms with Crippen molar-refractivity contribution in [2.45, 2.75) is 19.9 Å². The molecule has 0 heterocycles. The first-order valence-electron chi connectivity index (χ1n) is 9.39. The van der Waals surface area contributed by atoms with Gasteiger partial charge in [0, 0.05) is 24.2 Å². The Hall–Kier alpha value is -3.61. The summed E-state index contributed by atoms with van der Waals surface area (Å²) in [6, 6.07) is 18.2. The molecule has 0 bridgehead atoms. The Bertz CT molecular complexity index is 1030. The summed E-state index contributed by atoms with van der Waals surface area (Å²) < 4.78 is 5.75. The highest BCUT2D eigenvalue weighted by Crippen LogP contribution is 2.26. The molecule has 0 fully saturated rings. The number of ether oxygens (including phenoxy) is 1. The molecule has 0 radical (unpaired) electrons. The van der Waals surface area contributed by atoms with Crippen LogP contribution in [0.5, 0.6) is 5.75 Å². The van der Waals surface area contributed by atoms with Gasteiger partial charge in [-0.05, 0) is 48.9 Å². The van der Waals surface area contributed by atoms with E-state index in [0.29, 0.717) is 18.8 Å². The summed E-state index contributed by atoms with van der Waals surface area (Å²) in [4.78, 5) is 23.0. The van der Waals surface area contributed by atoms with E-state index in [2.05, 4.69) is 10.6 Å². The van der Waals surface area contributed by atoms with Crippen LogP contribution >= 0.6 is 0 Å². The lowest BCUT2D eigenvalue weighted by Gasteiger charge is -2.11. The smallest absolute Gasteiger partial charge is 0.293 e. The quantitative estimate of drug-likeness (QED) is 0.337. The van der Waals surface area contributed by atoms with Gasteiger partial charge in [0.1, 0.15) is 18.0 Å². The highest BCUT2D eigenvalue weighted by Gasteiger charge is 2.17. The largest absolute Gasteiger partial charge is 0.492 e. The Labute approximate surface area is 168 Å². The summed E-state index contributed by atoms with van der Waals surface area (Å²) in [6.07, 6.45) is 0. The number of fused-ring (bicyclic) bond motifs is 1. The molecule has 0 aliphatic carbocycles. The average Bonchev–Trinajstić information content (AvgIpc) is 2.70. The van der Waals surface area contributed by atoms with Gasteiger partial charge < -0.3 is 15.4 Å². The number of nitrogens with one attached hydrogen (secondary N) is 2. The van der Waals surface area contributed by atoms with Gasteiger partial charge in [-0.25, -0.2) is 0 Å². The lowest BCUT2D eigenvalue weighted by molar-refractivity contribution is -0.384. The molecule has 29 heavy (non-hydrogen) atoms. The number of amides is 1. The van der Waals surface area contributed by atoms with Crippen LogP contribution in [-0.2, 0) is 0 Å². The lowest BCUT2D eigenvalue weighted by atomic mass is 10.1. The second-order valence-electron chi connectivity index (χ2n) is 6.90. The van der Waals surface area contributed by atoms with Crippen LogP contribution in [0.3, 0.4) is 0 Å². The molecular weight excluding hydrogens is 370 g/mol. The van der Waals surface area contributed by atoms with Crippen LogP contribution in [0.25, 0.3) is 10.8 Å². The van der Waals surface area contributed by atoms with Crippen molar-refractivity contribution in [2.75, 3.05) is 18.5 Å². The molecule has 0 saturated heterocycles. The van der Waals surface area contributed by atoms with Crippen molar-refractivity contribution >= 4 is 28.1 Å². The first-order valence-corrected chi connectivity index (χ1v) is 9.39. The first kappa shape index (κ1) is 20.1. The highest BCUT2D eigenvalue weighted by molar-refractivity contribution is 5.95. The molecule has 3 aromatic rings. The second kappa shape index (κ2) is 9.05. The number of carbonyl (C=O) groups excluding carboxylic acids is 1. The summed E-state index contributed by atoms with van der Waals surface area (Å²) in [6.45, 7) is 4.38. The molecule has 3 rings (SSSR count). The fourth-order valence-electron chi connectivity index (χ4n) is 2.93. The van der Waals surface area contributed by atoms with E-state index in [0.717, 1.165) is 16.5 Å². The van der Waals surface area contributed by atoms with Crippen molar-refractivity contribution in [1.29, 1.82) is 0 Å². The molecule has 1 amide bonds. The van der Waals surface area contributed by atoms with Crippen molar-refractivity contribution in [3.05, 3.63) is 76.3 Å². The Morgan fingerprint density at radius 1 is 1.07 bits per heavy atom. The van der Waals surface area contributed by atoms with E-state index in [-0.39, 0.29) is 23.2 Å². The Morgan fingerprint density at radius 3 is 2.55 bits per heavy atom. The minimum absolute atomic E-state index is 0.0494. The van der Waals surface area contributed by atoms with Crippen molar-refractivity contribution in [2.24, 2.45) is 0 Å². The van der Waals surface area contributed by atoms with E-state index in [1.165, 1.54) is 6.07 Å². The van der Waals surface area contributed by atoms with E-state index in [1.54, 1.807) is 12.1 Å². The van der Waals surface area contributed by atoms with Gasteiger partial charge in [0.25, 0.3) is 11.6 Å². The van der Waals surface area contributed by atoms with Gasteiger partial charge in [-0.15, -0.1) is 0 Å². The topological polar surface area (TPSA) is 93.5 Å². The van der Waals surface area contributed by atoms with Crippen LogP contribution in [0.4, 0.5) is 11.4 Å². The summed E-state index contributed by atoms with van der Waals surface area (Å²) >= 11 is 0. The van der Waals surface area contributed by atoms with E-state index in [9.17, 15) is 14.9 Å². The van der Waals surface area contributed by atoms with Crippen molar-refractivity contribution in [3.8, 4) is 5.75 Å². The van der Waals surface area contributed by atoms with Crippen molar-refractivity contribution in [1.82, 2.24) is 5.32 Å². The zero-order valence-electron chi connectivity index (χ0n) is 16.3. The Kier molecular flexibility index (Phi) is 6.29. The minimum atomic E-state index is -0.501. The fourth-order valence-corrected chi connectivity index (χ4v) is 2.93. The van der Waals surface area contributed by atoms with Gasteiger partial charge >= 0.3 is 0 Å². The van der Waals surface area contributed by atoms with Crippen molar-refractivity contribution < 1.29 is 14.5 Å². The van der Waals surface area contributed by atoms with E-state index < -0.39 is 4.92 Å². The number of nitro benzene ring substituents is 1. The molecular formula is C22H23N3O4. The third-order valence-corrected chi connectivity index (χ3v) is 4.28. The number of hydrogen-bond acceptors (Lipinski definition) is 5. The van der Waals surface area contributed by atoms with Crippen LogP contribution in [0.1, 0.15) is 24.2 Å². The van der Waals surface area contributed by atoms with E-state index in [4.69, 9.17) is 4.74 Å². The normalized spacial score (nSPS) is 10.7. The number of nitro groups is 1. The molecule has 0 aliphatic rings. The standard InChI is InChI=1S/C22H23N3O4/c1-15(2)24-22(26)18-8-10-20(21(14-18)25(27)28)23-11-12-29-19-9-7-16-5-3-4-6-17(16)13-19/h3-10,13-15,23H,11-12H2,1-2H3,(H,24,26). The average molecular weight is 393 g/mol. The monoisotopic (exact) mass is 393 g/mol. The highest BCUT2D eigenvalue weighted by atomic mass is 16.6. The van der Waals surface area contributed by atoms with Crippen LogP contribution in [0.15, 0.2) is 60.7 Å². The van der Waals surface area contributed by atoms with Crippen LogP contribution in [-0.4, -0.2) is 30.0 Å². The minimum Gasteiger partial charge on any atom is -0.492 e. The molecule has 0 unspecified atom stereocenters. The predicted molar refractivity (Wildman–Crippen MR) is 114 cm³/mol. The molecule has 150 valence electrons. The van der Waals surface area contributed by atoms with Gasteiger partial charge in [0.05, 0.1) is 4.92 Å². The molecule has 0 aliphatic heterocycles. The van der Waals surface area contributed by atoms with Gasteiger partial charge in [-0.2, -0.15) is 0 Å². The fraction of sp³-hybridized carbons (Fsp3) is 0.227. The molecule has 7 heteroatoms. The number of benzene rings is 3. The molecule has 2 N–H and O–H groups in total. The Balaban J connectivity index is 1.61. The second-order valence-corrected chi connectivity index (χ2v) is 6.90. The molecule has 3 aromatic carbocycles. The maximum atomic E-state index is 12.1. The van der Waals surface area contributed by atoms with Gasteiger partial charge in [-0.1, -0.05) is 30.3 Å². The van der Waals surface area contributed by atoms with Gasteiger partial charge in [0.15, 0.2) is 0 Å². The zero-order chi connectivity index (χ0) is 20.8. The first-order chi connectivity index (χ1) is 13.9. The summed E-state index contributed by atoms with van der Waals surface area (Å²) in [5, 5.41) is 19.4. The third-order valence-electron chi connectivity index (χ3n) is 4.28. The summed E-state index contributed by atoms with van der Waals surface area (Å²) in [5.41, 5.74) is 0.452. The lowest BCUT2D eigenvalue weighted by Crippen LogP contribution is -2.30. The SMILES string of the molecule is CC(C)NC(=O)c1ccc(NCCOc2ccc3ccccc3c2)c([N+](=O)[O-])c1. The number of anilines is 1. The van der Waals surface area contributed by atoms with Crippen molar-refractivity contribution in [3.63, 3.8) is 0 Å². The number of hydrogen-bond donors (Lipinski definition) is 2. The molecule has 0 spiro atoms. The Morgan fingerprint density at radius 2 is 1.83 bits per heavy atom. The van der Waals surface area contributed by atoms with E-state index in [1.807, 2.05) is 56.3 Å². The number of carbonyl (C=O) groups is 1. The molecule has 0 atom stereocenters. The number of rotatable bonds is 8. The number of nitrogens with zero attached hydrogens (tertiary/aromatic N) is 1. The molecule has 0 saturated carbocycles. The van der Waals surface area contributed by atoms with Gasteiger partial charge in [-0.3, -0.25) is 14.9 Å². The van der Waals surface area contributed by atoms with Crippen LogP contribution in [0, 0.1) is 10.1 Å². The predicted octanol–water partition coefficient (Wildman–Crippen LogP) is 4.38. The maximum absolute atomic E-state index is 12.1. The molecule has 7 nitrogen and oxygen atoms in total. The van der Waals surface area contributed by atoms with Crippen LogP contribution in [0.2, 0.25) is 0 Å².